The molecular weight excluding hydrogens is 681 g/mol. The summed E-state index contributed by atoms with van der Waals surface area (Å²) in [5.41, 5.74) is 10.3. The SMILES string of the molecule is c1ccc2c(-c3ccc(-c4cc(-c5ccc(-c6c7ccccc7cc7ccccc67)cc5)nc(-c5ccc6cncnc6c5)n4)cc3)c3ccccc3cc2c1. The molecule has 0 aliphatic rings. The van der Waals surface area contributed by atoms with Crippen LogP contribution in [0.1, 0.15) is 0 Å². The highest BCUT2D eigenvalue weighted by Gasteiger charge is 2.15. The maximum Gasteiger partial charge on any atom is 0.160 e. The van der Waals surface area contributed by atoms with Gasteiger partial charge in [0.05, 0.1) is 16.9 Å². The van der Waals surface area contributed by atoms with Gasteiger partial charge < -0.3 is 0 Å². The van der Waals surface area contributed by atoms with Gasteiger partial charge in [0, 0.05) is 28.3 Å². The molecule has 2 heterocycles. The van der Waals surface area contributed by atoms with Crippen molar-refractivity contribution in [1.82, 2.24) is 19.9 Å². The highest BCUT2D eigenvalue weighted by Crippen LogP contribution is 2.39. The minimum atomic E-state index is 0.645. The molecule has 56 heavy (non-hydrogen) atoms. The average Bonchev–Trinajstić information content (AvgIpc) is 3.27. The summed E-state index contributed by atoms with van der Waals surface area (Å²) >= 11 is 0. The third-order valence-electron chi connectivity index (χ3n) is 11.0. The third kappa shape index (κ3) is 5.47. The molecule has 0 saturated carbocycles. The molecule has 0 atom stereocenters. The molecule has 11 rings (SSSR count). The van der Waals surface area contributed by atoms with Gasteiger partial charge in [0.1, 0.15) is 6.33 Å². The van der Waals surface area contributed by atoms with Crippen LogP contribution in [0.25, 0.3) is 110 Å². The van der Waals surface area contributed by atoms with E-state index in [9.17, 15) is 0 Å². The van der Waals surface area contributed by atoms with E-state index >= 15 is 0 Å². The van der Waals surface area contributed by atoms with Crippen LogP contribution in [0.3, 0.4) is 0 Å². The van der Waals surface area contributed by atoms with E-state index in [-0.39, 0.29) is 0 Å². The van der Waals surface area contributed by atoms with Crippen LogP contribution in [-0.2, 0) is 0 Å². The summed E-state index contributed by atoms with van der Waals surface area (Å²) in [6.45, 7) is 0. The lowest BCUT2D eigenvalue weighted by atomic mass is 9.91. The lowest BCUT2D eigenvalue weighted by Gasteiger charge is -2.14. The quantitative estimate of drug-likeness (QED) is 0.167. The molecule has 0 N–H and O–H groups in total. The fourth-order valence-electron chi connectivity index (χ4n) is 8.25. The minimum Gasteiger partial charge on any atom is -0.244 e. The Balaban J connectivity index is 1.05. The summed E-state index contributed by atoms with van der Waals surface area (Å²) < 4.78 is 0. The molecule has 9 aromatic carbocycles. The van der Waals surface area contributed by atoms with Crippen LogP contribution in [0.2, 0.25) is 0 Å². The van der Waals surface area contributed by atoms with Crippen molar-refractivity contribution < 1.29 is 0 Å². The zero-order chi connectivity index (χ0) is 37.0. The Labute approximate surface area is 323 Å². The standard InChI is InChI=1S/C52H32N4/c1-5-13-43-37(9-1)27-38-10-2-6-14-44(38)50(43)35-21-17-33(18-22-35)48-30-49(56-52(55-48)41-25-26-42-31-53-32-54-47(42)29-41)34-19-23-36(24-20-34)51-45-15-7-3-11-39(45)28-40-12-4-8-16-46(40)51/h1-32H. The van der Waals surface area contributed by atoms with Crippen LogP contribution in [0, 0.1) is 0 Å². The van der Waals surface area contributed by atoms with Gasteiger partial charge in [0.25, 0.3) is 0 Å². The first-order valence-electron chi connectivity index (χ1n) is 18.9. The van der Waals surface area contributed by atoms with Crippen molar-refractivity contribution in [2.24, 2.45) is 0 Å². The van der Waals surface area contributed by atoms with E-state index in [0.29, 0.717) is 5.82 Å². The predicted octanol–water partition coefficient (Wildman–Crippen LogP) is 13.4. The summed E-state index contributed by atoms with van der Waals surface area (Å²) in [5.74, 6) is 0.645. The Hall–Kier alpha value is -7.56. The molecular formula is C52H32N4. The van der Waals surface area contributed by atoms with Crippen molar-refractivity contribution in [1.29, 1.82) is 0 Å². The fourth-order valence-corrected chi connectivity index (χ4v) is 8.25. The molecule has 0 bridgehead atoms. The zero-order valence-corrected chi connectivity index (χ0v) is 30.3. The van der Waals surface area contributed by atoms with Crippen LogP contribution in [0.5, 0.6) is 0 Å². The summed E-state index contributed by atoms with van der Waals surface area (Å²) in [6, 6.07) is 65.0. The van der Waals surface area contributed by atoms with Gasteiger partial charge in [-0.05, 0) is 89.6 Å². The topological polar surface area (TPSA) is 51.6 Å². The predicted molar refractivity (Wildman–Crippen MR) is 232 cm³/mol. The normalized spacial score (nSPS) is 11.6. The van der Waals surface area contributed by atoms with E-state index in [1.165, 1.54) is 65.3 Å². The highest BCUT2D eigenvalue weighted by molar-refractivity contribution is 6.14. The second kappa shape index (κ2) is 13.1. The van der Waals surface area contributed by atoms with E-state index < -0.39 is 0 Å². The van der Waals surface area contributed by atoms with Gasteiger partial charge in [0.15, 0.2) is 5.82 Å². The van der Waals surface area contributed by atoms with Gasteiger partial charge in [-0.1, -0.05) is 158 Å². The number of hydrogen-bond acceptors (Lipinski definition) is 4. The summed E-state index contributed by atoms with van der Waals surface area (Å²) in [7, 11) is 0. The Morgan fingerprint density at radius 1 is 0.321 bits per heavy atom. The second-order valence-electron chi connectivity index (χ2n) is 14.3. The highest BCUT2D eigenvalue weighted by atomic mass is 14.9. The van der Waals surface area contributed by atoms with Crippen molar-refractivity contribution in [2.75, 3.05) is 0 Å². The Bertz CT molecular complexity index is 3010. The molecule has 260 valence electrons. The molecule has 11 aromatic rings. The number of fused-ring (bicyclic) bond motifs is 5. The van der Waals surface area contributed by atoms with Crippen LogP contribution >= 0.6 is 0 Å². The van der Waals surface area contributed by atoms with E-state index in [1.807, 2.05) is 18.3 Å². The van der Waals surface area contributed by atoms with Gasteiger partial charge in [-0.3, -0.25) is 0 Å². The molecule has 0 saturated heterocycles. The molecule has 0 fully saturated rings. The minimum absolute atomic E-state index is 0.645. The molecule has 4 heteroatoms. The van der Waals surface area contributed by atoms with Crippen molar-refractivity contribution in [2.45, 2.75) is 0 Å². The van der Waals surface area contributed by atoms with Gasteiger partial charge in [-0.15, -0.1) is 0 Å². The van der Waals surface area contributed by atoms with Crippen LogP contribution in [-0.4, -0.2) is 19.9 Å². The molecule has 0 aliphatic heterocycles. The molecule has 2 aromatic heterocycles. The van der Waals surface area contributed by atoms with Gasteiger partial charge in [-0.2, -0.15) is 0 Å². The van der Waals surface area contributed by atoms with Crippen LogP contribution in [0.15, 0.2) is 195 Å². The maximum atomic E-state index is 5.19. The summed E-state index contributed by atoms with van der Waals surface area (Å²) in [5, 5.41) is 10.9. The van der Waals surface area contributed by atoms with E-state index in [4.69, 9.17) is 9.97 Å². The van der Waals surface area contributed by atoms with Gasteiger partial charge >= 0.3 is 0 Å². The first-order valence-corrected chi connectivity index (χ1v) is 18.9. The number of hydrogen-bond donors (Lipinski definition) is 0. The monoisotopic (exact) mass is 712 g/mol. The third-order valence-corrected chi connectivity index (χ3v) is 11.0. The van der Waals surface area contributed by atoms with Crippen LogP contribution < -0.4 is 0 Å². The smallest absolute Gasteiger partial charge is 0.160 e. The molecule has 0 amide bonds. The molecule has 0 spiro atoms. The van der Waals surface area contributed by atoms with Gasteiger partial charge in [0.2, 0.25) is 0 Å². The fraction of sp³-hybridized carbons (Fsp3) is 0. The molecule has 0 radical (unpaired) electrons. The number of nitrogens with zero attached hydrogens (tertiary/aromatic N) is 4. The summed E-state index contributed by atoms with van der Waals surface area (Å²) in [4.78, 5) is 19.1. The van der Waals surface area contributed by atoms with Crippen molar-refractivity contribution in [3.05, 3.63) is 195 Å². The molecule has 4 nitrogen and oxygen atoms in total. The van der Waals surface area contributed by atoms with Crippen molar-refractivity contribution in [3.8, 4) is 56.2 Å². The number of aromatic nitrogens is 4. The van der Waals surface area contributed by atoms with E-state index in [2.05, 4.69) is 180 Å². The maximum absolute atomic E-state index is 5.19. The second-order valence-corrected chi connectivity index (χ2v) is 14.3. The molecule has 0 aliphatic carbocycles. The summed E-state index contributed by atoms with van der Waals surface area (Å²) in [6.07, 6.45) is 3.41. The Morgan fingerprint density at radius 3 is 1.20 bits per heavy atom. The molecule has 0 unspecified atom stereocenters. The Morgan fingerprint density at radius 2 is 0.732 bits per heavy atom. The largest absolute Gasteiger partial charge is 0.244 e. The van der Waals surface area contributed by atoms with Crippen molar-refractivity contribution in [3.63, 3.8) is 0 Å². The lowest BCUT2D eigenvalue weighted by Crippen LogP contribution is -1.96. The first kappa shape index (κ1) is 31.9. The van der Waals surface area contributed by atoms with Crippen LogP contribution in [0.4, 0.5) is 0 Å². The lowest BCUT2D eigenvalue weighted by molar-refractivity contribution is 1.18. The van der Waals surface area contributed by atoms with E-state index in [1.54, 1.807) is 6.33 Å². The zero-order valence-electron chi connectivity index (χ0n) is 30.3. The van der Waals surface area contributed by atoms with Gasteiger partial charge in [-0.25, -0.2) is 19.9 Å². The number of benzene rings is 9. The first-order chi connectivity index (χ1) is 27.7. The van der Waals surface area contributed by atoms with E-state index in [0.717, 1.165) is 39.0 Å². The van der Waals surface area contributed by atoms with Crippen molar-refractivity contribution >= 4 is 54.0 Å². The number of rotatable bonds is 5. The Kier molecular flexibility index (Phi) is 7.46. The average molecular weight is 713 g/mol.